The number of aryl methyl sites for hydroxylation is 1. The quantitative estimate of drug-likeness (QED) is 0.272. The molecule has 0 heterocycles. The first kappa shape index (κ1) is 31.5. The minimum Gasteiger partial charge on any atom is -0.354 e. The molecular weight excluding hydrogens is 569 g/mol. The second-order valence-corrected chi connectivity index (χ2v) is 12.6. The van der Waals surface area contributed by atoms with Crippen LogP contribution in [-0.2, 0) is 26.2 Å². The fraction of sp³-hybridized carbons (Fsp3) is 0.333. The Labute approximate surface area is 247 Å². The van der Waals surface area contributed by atoms with Gasteiger partial charge in [0.1, 0.15) is 12.6 Å². The lowest BCUT2D eigenvalue weighted by Gasteiger charge is -2.34. The summed E-state index contributed by atoms with van der Waals surface area (Å²) in [7, 11) is -4.22. The molecule has 0 fully saturated rings. The Balaban J connectivity index is 2.08. The average Bonchev–Trinajstić information content (AvgIpc) is 2.92. The van der Waals surface area contributed by atoms with Crippen LogP contribution in [0.4, 0.5) is 5.69 Å². The van der Waals surface area contributed by atoms with Gasteiger partial charge in [0.05, 0.1) is 15.6 Å². The SMILES string of the molecule is CCC(C(=O)NCC(C)C)N(Cc1ccccc1C)C(=O)CN(c1ccc(Cl)cc1Cl)S(=O)(=O)c1ccccc1. The van der Waals surface area contributed by atoms with E-state index in [0.717, 1.165) is 15.4 Å². The van der Waals surface area contributed by atoms with Crippen LogP contribution in [0.25, 0.3) is 0 Å². The fourth-order valence-electron chi connectivity index (χ4n) is 4.23. The minimum atomic E-state index is -4.22. The number of hydrogen-bond donors (Lipinski definition) is 1. The Morgan fingerprint density at radius 2 is 1.60 bits per heavy atom. The van der Waals surface area contributed by atoms with Crippen LogP contribution in [-0.4, -0.2) is 44.3 Å². The maximum absolute atomic E-state index is 14.1. The Bertz CT molecular complexity index is 1430. The van der Waals surface area contributed by atoms with E-state index < -0.39 is 28.5 Å². The summed E-state index contributed by atoms with van der Waals surface area (Å²) in [5.41, 5.74) is 1.91. The number of hydrogen-bond acceptors (Lipinski definition) is 4. The number of benzene rings is 3. The Morgan fingerprint density at radius 3 is 2.20 bits per heavy atom. The second-order valence-electron chi connectivity index (χ2n) is 9.93. The third-order valence-corrected chi connectivity index (χ3v) is 8.77. The number of anilines is 1. The van der Waals surface area contributed by atoms with Gasteiger partial charge in [-0.3, -0.25) is 13.9 Å². The molecule has 0 radical (unpaired) electrons. The molecule has 3 aromatic carbocycles. The predicted molar refractivity (Wildman–Crippen MR) is 161 cm³/mol. The van der Waals surface area contributed by atoms with Crippen LogP contribution >= 0.6 is 23.2 Å². The molecule has 0 aliphatic carbocycles. The summed E-state index contributed by atoms with van der Waals surface area (Å²) in [4.78, 5) is 28.9. The zero-order valence-corrected chi connectivity index (χ0v) is 25.4. The van der Waals surface area contributed by atoms with Crippen molar-refractivity contribution in [3.63, 3.8) is 0 Å². The van der Waals surface area contributed by atoms with Crippen molar-refractivity contribution < 1.29 is 18.0 Å². The van der Waals surface area contributed by atoms with Gasteiger partial charge in [-0.25, -0.2) is 8.42 Å². The maximum atomic E-state index is 14.1. The van der Waals surface area contributed by atoms with Gasteiger partial charge in [0.25, 0.3) is 10.0 Å². The summed E-state index contributed by atoms with van der Waals surface area (Å²) in [5, 5.41) is 3.33. The molecule has 1 atom stereocenters. The van der Waals surface area contributed by atoms with E-state index in [1.165, 1.54) is 35.2 Å². The lowest BCUT2D eigenvalue weighted by Crippen LogP contribution is -2.52. The van der Waals surface area contributed by atoms with Crippen LogP contribution in [0.3, 0.4) is 0 Å². The van der Waals surface area contributed by atoms with E-state index in [1.807, 2.05) is 52.0 Å². The van der Waals surface area contributed by atoms with E-state index in [4.69, 9.17) is 23.2 Å². The molecule has 0 saturated carbocycles. The van der Waals surface area contributed by atoms with Crippen LogP contribution < -0.4 is 9.62 Å². The number of carbonyl (C=O) groups excluding carboxylic acids is 2. The molecule has 0 aliphatic rings. The first-order valence-electron chi connectivity index (χ1n) is 13.1. The molecule has 40 heavy (non-hydrogen) atoms. The van der Waals surface area contributed by atoms with E-state index in [-0.39, 0.29) is 34.0 Å². The normalized spacial score (nSPS) is 12.2. The van der Waals surface area contributed by atoms with E-state index in [0.29, 0.717) is 18.0 Å². The van der Waals surface area contributed by atoms with Crippen molar-refractivity contribution in [2.45, 2.75) is 51.6 Å². The van der Waals surface area contributed by atoms with Gasteiger partial charge in [0, 0.05) is 18.1 Å². The van der Waals surface area contributed by atoms with Crippen LogP contribution in [0.1, 0.15) is 38.3 Å². The second kappa shape index (κ2) is 14.0. The molecule has 0 saturated heterocycles. The van der Waals surface area contributed by atoms with Crippen molar-refractivity contribution in [3.8, 4) is 0 Å². The summed E-state index contributed by atoms with van der Waals surface area (Å²) in [6.07, 6.45) is 0.342. The zero-order chi connectivity index (χ0) is 29.4. The van der Waals surface area contributed by atoms with Gasteiger partial charge in [-0.05, 0) is 60.7 Å². The van der Waals surface area contributed by atoms with E-state index in [2.05, 4.69) is 5.32 Å². The maximum Gasteiger partial charge on any atom is 0.264 e. The molecule has 0 aliphatic heterocycles. The lowest BCUT2D eigenvalue weighted by molar-refractivity contribution is -0.140. The Hall–Kier alpha value is -3.07. The van der Waals surface area contributed by atoms with E-state index in [1.54, 1.807) is 18.2 Å². The van der Waals surface area contributed by atoms with Crippen LogP contribution in [0.15, 0.2) is 77.7 Å². The fourth-order valence-corrected chi connectivity index (χ4v) is 6.24. The average molecular weight is 605 g/mol. The van der Waals surface area contributed by atoms with E-state index in [9.17, 15) is 18.0 Å². The number of amides is 2. The third-order valence-electron chi connectivity index (χ3n) is 6.46. The topological polar surface area (TPSA) is 86.8 Å². The summed E-state index contributed by atoms with van der Waals surface area (Å²) in [6, 6.07) is 19.0. The van der Waals surface area contributed by atoms with Crippen LogP contribution in [0.2, 0.25) is 10.0 Å². The molecular formula is C30H35Cl2N3O4S. The Kier molecular flexibility index (Phi) is 11.0. The highest BCUT2D eigenvalue weighted by atomic mass is 35.5. The number of nitrogens with zero attached hydrogens (tertiary/aromatic N) is 2. The minimum absolute atomic E-state index is 0.000915. The number of carbonyl (C=O) groups is 2. The number of rotatable bonds is 12. The van der Waals surface area contributed by atoms with Gasteiger partial charge in [0.15, 0.2) is 0 Å². The standard InChI is InChI=1S/C30H35Cl2N3O4S/c1-5-27(30(37)33-18-21(2)3)34(19-23-12-10-9-11-22(23)4)29(36)20-35(28-16-15-24(31)17-26(28)32)40(38,39)25-13-7-6-8-14-25/h6-17,21,27H,5,18-20H2,1-4H3,(H,33,37). The lowest BCUT2D eigenvalue weighted by atomic mass is 10.1. The largest absolute Gasteiger partial charge is 0.354 e. The smallest absolute Gasteiger partial charge is 0.264 e. The molecule has 10 heteroatoms. The van der Waals surface area contributed by atoms with Gasteiger partial charge in [0.2, 0.25) is 11.8 Å². The molecule has 2 amide bonds. The van der Waals surface area contributed by atoms with Gasteiger partial charge in [-0.1, -0.05) is 86.4 Å². The summed E-state index contributed by atoms with van der Waals surface area (Å²) >= 11 is 12.6. The molecule has 3 rings (SSSR count). The van der Waals surface area contributed by atoms with Crippen molar-refractivity contribution in [2.24, 2.45) is 5.92 Å². The monoisotopic (exact) mass is 603 g/mol. The molecule has 7 nitrogen and oxygen atoms in total. The summed E-state index contributed by atoms with van der Waals surface area (Å²) in [6.45, 7) is 7.74. The van der Waals surface area contributed by atoms with Gasteiger partial charge >= 0.3 is 0 Å². The van der Waals surface area contributed by atoms with Crippen LogP contribution in [0, 0.1) is 12.8 Å². The highest BCUT2D eigenvalue weighted by Crippen LogP contribution is 2.33. The van der Waals surface area contributed by atoms with Gasteiger partial charge in [-0.2, -0.15) is 0 Å². The van der Waals surface area contributed by atoms with Crippen molar-refractivity contribution in [3.05, 3.63) is 94.0 Å². The molecule has 0 aromatic heterocycles. The van der Waals surface area contributed by atoms with Gasteiger partial charge < -0.3 is 10.2 Å². The molecule has 1 N–H and O–H groups in total. The van der Waals surface area contributed by atoms with Gasteiger partial charge in [-0.15, -0.1) is 0 Å². The van der Waals surface area contributed by atoms with Crippen molar-refractivity contribution >= 4 is 50.7 Å². The summed E-state index contributed by atoms with van der Waals surface area (Å²) in [5.74, 6) is -0.610. The first-order chi connectivity index (χ1) is 18.9. The predicted octanol–water partition coefficient (Wildman–Crippen LogP) is 6.08. The Morgan fingerprint density at radius 1 is 0.950 bits per heavy atom. The molecule has 1 unspecified atom stereocenters. The highest BCUT2D eigenvalue weighted by Gasteiger charge is 2.34. The number of halogens is 2. The zero-order valence-electron chi connectivity index (χ0n) is 23.1. The first-order valence-corrected chi connectivity index (χ1v) is 15.3. The highest BCUT2D eigenvalue weighted by molar-refractivity contribution is 7.92. The number of sulfonamides is 1. The summed E-state index contributed by atoms with van der Waals surface area (Å²) < 4.78 is 28.7. The number of nitrogens with one attached hydrogen (secondary N) is 1. The third kappa shape index (κ3) is 7.77. The van der Waals surface area contributed by atoms with Crippen molar-refractivity contribution in [1.29, 1.82) is 0 Å². The molecule has 0 spiro atoms. The molecule has 0 bridgehead atoms. The van der Waals surface area contributed by atoms with Crippen LogP contribution in [0.5, 0.6) is 0 Å². The van der Waals surface area contributed by atoms with Crippen molar-refractivity contribution in [1.82, 2.24) is 10.2 Å². The van der Waals surface area contributed by atoms with Crippen molar-refractivity contribution in [2.75, 3.05) is 17.4 Å². The molecule has 3 aromatic rings. The van der Waals surface area contributed by atoms with E-state index >= 15 is 0 Å². The molecule has 214 valence electrons.